The number of amides is 1. The first-order valence-electron chi connectivity index (χ1n) is 8.00. The van der Waals surface area contributed by atoms with Gasteiger partial charge in [-0.2, -0.15) is 5.10 Å². The van der Waals surface area contributed by atoms with Crippen LogP contribution in [0.5, 0.6) is 11.5 Å². The van der Waals surface area contributed by atoms with Gasteiger partial charge in [0, 0.05) is 10.6 Å². The Labute approximate surface area is 152 Å². The minimum atomic E-state index is -0.730. The third-order valence-electron chi connectivity index (χ3n) is 3.66. The van der Waals surface area contributed by atoms with Crippen LogP contribution < -0.4 is 10.2 Å². The Morgan fingerprint density at radius 3 is 2.68 bits per heavy atom. The first-order valence-corrected chi connectivity index (χ1v) is 8.37. The molecule has 2 aromatic carbocycles. The zero-order valence-electron chi connectivity index (χ0n) is 14.4. The van der Waals surface area contributed by atoms with Gasteiger partial charge in [-0.1, -0.05) is 30.7 Å². The summed E-state index contributed by atoms with van der Waals surface area (Å²) in [5.74, 6) is 0.335. The number of benzene rings is 2. The Kier molecular flexibility index (Phi) is 6.42. The van der Waals surface area contributed by atoms with Gasteiger partial charge in [-0.25, -0.2) is 5.43 Å². The van der Waals surface area contributed by atoms with Crippen molar-refractivity contribution in [1.29, 1.82) is 0 Å². The fourth-order valence-corrected chi connectivity index (χ4v) is 2.48. The lowest BCUT2D eigenvalue weighted by Gasteiger charge is -2.15. The molecule has 0 aliphatic rings. The number of phenolic OH excluding ortho intramolecular Hbond substituents is 1. The molecule has 1 atom stereocenters. The molecule has 2 N–H and O–H groups in total. The summed E-state index contributed by atoms with van der Waals surface area (Å²) in [6, 6.07) is 12.1. The standard InChI is InChI=1S/C19H21ClN2O3/c1-4-16(15-7-5-6-8-17(15)23)21-22-19(24)13(3)25-18-10-9-14(20)11-12(18)2/h5-11,13,23H,4H2,1-3H3,(H,22,24)/b21-16-/t13-/m1/s1. The maximum atomic E-state index is 12.2. The van der Waals surface area contributed by atoms with Gasteiger partial charge in [0.2, 0.25) is 0 Å². The molecular formula is C19H21ClN2O3. The molecule has 0 saturated heterocycles. The minimum absolute atomic E-state index is 0.124. The molecule has 2 rings (SSSR count). The molecule has 0 fully saturated rings. The van der Waals surface area contributed by atoms with E-state index in [4.69, 9.17) is 16.3 Å². The zero-order valence-corrected chi connectivity index (χ0v) is 15.2. The van der Waals surface area contributed by atoms with E-state index in [-0.39, 0.29) is 11.7 Å². The van der Waals surface area contributed by atoms with Crippen molar-refractivity contribution >= 4 is 23.2 Å². The van der Waals surface area contributed by atoms with Crippen LogP contribution in [0.25, 0.3) is 0 Å². The molecule has 0 spiro atoms. The molecule has 0 heterocycles. The fourth-order valence-electron chi connectivity index (χ4n) is 2.25. The van der Waals surface area contributed by atoms with Crippen LogP contribution in [0.15, 0.2) is 47.6 Å². The number of aryl methyl sites for hydroxylation is 1. The van der Waals surface area contributed by atoms with Crippen LogP contribution in [0.3, 0.4) is 0 Å². The summed E-state index contributed by atoms with van der Waals surface area (Å²) in [6.07, 6.45) is -0.172. The van der Waals surface area contributed by atoms with Crippen molar-refractivity contribution in [1.82, 2.24) is 5.43 Å². The molecule has 0 saturated carbocycles. The van der Waals surface area contributed by atoms with E-state index in [0.717, 1.165) is 5.56 Å². The van der Waals surface area contributed by atoms with Gasteiger partial charge in [0.1, 0.15) is 11.5 Å². The van der Waals surface area contributed by atoms with Crippen LogP contribution in [0.4, 0.5) is 0 Å². The van der Waals surface area contributed by atoms with E-state index < -0.39 is 6.10 Å². The number of hydrazone groups is 1. The Morgan fingerprint density at radius 2 is 2.04 bits per heavy atom. The number of para-hydroxylation sites is 1. The molecule has 1 amide bonds. The molecule has 25 heavy (non-hydrogen) atoms. The number of nitrogens with one attached hydrogen (secondary N) is 1. The second-order valence-corrected chi connectivity index (χ2v) is 6.01. The third kappa shape index (κ3) is 4.97. The Bertz CT molecular complexity index is 790. The number of aromatic hydroxyl groups is 1. The SMILES string of the molecule is CC/C(=N/NC(=O)[C@@H](C)Oc1ccc(Cl)cc1C)c1ccccc1O. The van der Waals surface area contributed by atoms with Gasteiger partial charge < -0.3 is 9.84 Å². The van der Waals surface area contributed by atoms with Crippen molar-refractivity contribution in [2.24, 2.45) is 5.10 Å². The largest absolute Gasteiger partial charge is 0.507 e. The van der Waals surface area contributed by atoms with Crippen molar-refractivity contribution in [3.8, 4) is 11.5 Å². The smallest absolute Gasteiger partial charge is 0.280 e. The monoisotopic (exact) mass is 360 g/mol. The van der Waals surface area contributed by atoms with Crippen molar-refractivity contribution in [2.75, 3.05) is 0 Å². The van der Waals surface area contributed by atoms with E-state index in [9.17, 15) is 9.90 Å². The van der Waals surface area contributed by atoms with Gasteiger partial charge in [0.15, 0.2) is 6.10 Å². The van der Waals surface area contributed by atoms with Crippen LogP contribution in [0, 0.1) is 6.92 Å². The third-order valence-corrected chi connectivity index (χ3v) is 3.90. The number of rotatable bonds is 6. The van der Waals surface area contributed by atoms with Crippen molar-refractivity contribution < 1.29 is 14.6 Å². The molecule has 0 aromatic heterocycles. The summed E-state index contributed by atoms with van der Waals surface area (Å²) >= 11 is 5.91. The first kappa shape index (κ1) is 18.8. The second kappa shape index (κ2) is 8.53. The molecule has 6 heteroatoms. The van der Waals surface area contributed by atoms with E-state index in [1.165, 1.54) is 0 Å². The maximum absolute atomic E-state index is 12.2. The van der Waals surface area contributed by atoms with Gasteiger partial charge in [0.05, 0.1) is 5.71 Å². The molecule has 5 nitrogen and oxygen atoms in total. The highest BCUT2D eigenvalue weighted by Crippen LogP contribution is 2.23. The van der Waals surface area contributed by atoms with Crippen LogP contribution in [0.2, 0.25) is 5.02 Å². The number of hydrogen-bond acceptors (Lipinski definition) is 4. The second-order valence-electron chi connectivity index (χ2n) is 5.58. The van der Waals surface area contributed by atoms with Crippen LogP contribution in [0.1, 0.15) is 31.4 Å². The van der Waals surface area contributed by atoms with Gasteiger partial charge in [-0.05, 0) is 56.2 Å². The quantitative estimate of drug-likeness (QED) is 0.603. The van der Waals surface area contributed by atoms with Crippen molar-refractivity contribution in [3.05, 3.63) is 58.6 Å². The van der Waals surface area contributed by atoms with Crippen LogP contribution >= 0.6 is 11.6 Å². The summed E-state index contributed by atoms with van der Waals surface area (Å²) < 4.78 is 5.67. The number of hydrogen-bond donors (Lipinski definition) is 2. The zero-order chi connectivity index (χ0) is 18.4. The molecule has 2 aromatic rings. The summed E-state index contributed by atoms with van der Waals surface area (Å²) in [6.45, 7) is 5.40. The number of carbonyl (C=O) groups is 1. The molecular weight excluding hydrogens is 340 g/mol. The molecule has 0 unspecified atom stereocenters. The van der Waals surface area contributed by atoms with E-state index in [0.29, 0.717) is 28.5 Å². The van der Waals surface area contributed by atoms with Crippen molar-refractivity contribution in [2.45, 2.75) is 33.3 Å². The summed E-state index contributed by atoms with van der Waals surface area (Å²) in [4.78, 5) is 12.2. The molecule has 0 radical (unpaired) electrons. The molecule has 0 aliphatic carbocycles. The molecule has 0 bridgehead atoms. The highest BCUT2D eigenvalue weighted by atomic mass is 35.5. The van der Waals surface area contributed by atoms with Gasteiger partial charge >= 0.3 is 0 Å². The summed E-state index contributed by atoms with van der Waals surface area (Å²) in [5, 5.41) is 14.6. The van der Waals surface area contributed by atoms with Gasteiger partial charge in [-0.15, -0.1) is 0 Å². The number of halogens is 1. The summed E-state index contributed by atoms with van der Waals surface area (Å²) in [5.41, 5.74) is 4.52. The molecule has 0 aliphatic heterocycles. The fraction of sp³-hybridized carbons (Fsp3) is 0.263. The average Bonchev–Trinajstić information content (AvgIpc) is 2.59. The highest BCUT2D eigenvalue weighted by Gasteiger charge is 2.16. The summed E-state index contributed by atoms with van der Waals surface area (Å²) in [7, 11) is 0. The Morgan fingerprint density at radius 1 is 1.32 bits per heavy atom. The maximum Gasteiger partial charge on any atom is 0.280 e. The van der Waals surface area contributed by atoms with Crippen LogP contribution in [-0.2, 0) is 4.79 Å². The highest BCUT2D eigenvalue weighted by molar-refractivity contribution is 6.30. The number of nitrogens with zero attached hydrogens (tertiary/aromatic N) is 1. The van der Waals surface area contributed by atoms with E-state index in [1.54, 1.807) is 49.4 Å². The van der Waals surface area contributed by atoms with Crippen LogP contribution in [-0.4, -0.2) is 22.8 Å². The predicted octanol–water partition coefficient (Wildman–Crippen LogP) is 4.05. The normalized spacial score (nSPS) is 12.6. The van der Waals surface area contributed by atoms with E-state index in [1.807, 2.05) is 13.8 Å². The van der Waals surface area contributed by atoms with Crippen molar-refractivity contribution in [3.63, 3.8) is 0 Å². The Balaban J connectivity index is 2.06. The average molecular weight is 361 g/mol. The number of ether oxygens (including phenoxy) is 1. The molecule has 132 valence electrons. The number of phenols is 1. The predicted molar refractivity (Wildman–Crippen MR) is 99.4 cm³/mol. The topological polar surface area (TPSA) is 70.9 Å². The van der Waals surface area contributed by atoms with Gasteiger partial charge in [0.25, 0.3) is 5.91 Å². The number of carbonyl (C=O) groups excluding carboxylic acids is 1. The lowest BCUT2D eigenvalue weighted by molar-refractivity contribution is -0.127. The van der Waals surface area contributed by atoms with E-state index in [2.05, 4.69) is 10.5 Å². The van der Waals surface area contributed by atoms with E-state index >= 15 is 0 Å². The first-order chi connectivity index (χ1) is 11.9. The Hall–Kier alpha value is -2.53. The lowest BCUT2D eigenvalue weighted by Crippen LogP contribution is -2.34. The minimum Gasteiger partial charge on any atom is -0.507 e. The lowest BCUT2D eigenvalue weighted by atomic mass is 10.1. The van der Waals surface area contributed by atoms with Gasteiger partial charge in [-0.3, -0.25) is 4.79 Å².